The maximum Gasteiger partial charge on any atom is 0.174 e. The molecule has 1 unspecified atom stereocenters. The largest absolute Gasteiger partial charge is 0.392 e. The second-order valence-corrected chi connectivity index (χ2v) is 26.4. The van der Waals surface area contributed by atoms with Crippen molar-refractivity contribution < 1.29 is 44.5 Å². The molecule has 356 valence electrons. The third-order valence-corrected chi connectivity index (χ3v) is 23.1. The Morgan fingerprint density at radius 3 is 2.00 bits per heavy atom. The van der Waals surface area contributed by atoms with Gasteiger partial charge in [0.15, 0.2) is 11.6 Å². The van der Waals surface area contributed by atoms with Crippen LogP contribution in [0.5, 0.6) is 0 Å². The van der Waals surface area contributed by atoms with Crippen LogP contribution in [-0.4, -0.2) is 101 Å². The molecule has 5 heterocycles. The van der Waals surface area contributed by atoms with Crippen LogP contribution in [0.2, 0.25) is 0 Å². The Morgan fingerprint density at radius 2 is 1.34 bits per heavy atom. The fourth-order valence-corrected chi connectivity index (χ4v) is 19.1. The van der Waals surface area contributed by atoms with E-state index in [2.05, 4.69) is 47.6 Å². The first-order chi connectivity index (χ1) is 30.4. The summed E-state index contributed by atoms with van der Waals surface area (Å²) < 4.78 is 26.7. The predicted octanol–water partition coefficient (Wildman–Crippen LogP) is 6.32. The van der Waals surface area contributed by atoms with Crippen LogP contribution in [0.1, 0.15) is 143 Å². The van der Waals surface area contributed by atoms with E-state index in [-0.39, 0.29) is 64.1 Å². The highest BCUT2D eigenvalue weighted by Gasteiger charge is 2.77. The average molecular weight is 897 g/mol. The minimum absolute atomic E-state index is 0.00491. The summed E-state index contributed by atoms with van der Waals surface area (Å²) in [4.78, 5) is 11.2. The first kappa shape index (κ1) is 43.2. The van der Waals surface area contributed by atoms with Crippen LogP contribution in [0.3, 0.4) is 0 Å². The maximum absolute atomic E-state index is 12.9. The summed E-state index contributed by atoms with van der Waals surface area (Å²) in [6.07, 6.45) is 12.2. The molecule has 4 saturated heterocycles. The molecule has 8 aliphatic carbocycles. The second-order valence-electron chi connectivity index (χ2n) is 26.4. The van der Waals surface area contributed by atoms with Crippen molar-refractivity contribution in [1.82, 2.24) is 9.97 Å². The Balaban J connectivity index is 0.776. The lowest BCUT2D eigenvalue weighted by Crippen LogP contribution is -2.66. The SMILES string of the molecule is C[C@@H]1[C@@]2(CC[C@](C)(O)CO2)O[C@H]2C=C3[C@@H]4[C@@H](O)C[C@H]5Cc6nc7c(nc6C[C@]5(C)[C@H]4C[C@@H](O)[C@]3(C)[C@]21O)C[C@@H]1CC[C@H]2C3=C[C@@H]4OC5(CCC(C)(C)O5)[C@@H](C)[C@@H]4[C@@]3(C)[C@H](O)C[C@@H]2[C@@]1(C)C7. The number of nitrogens with zero attached hydrogens (tertiary/aromatic N) is 2. The van der Waals surface area contributed by atoms with Crippen molar-refractivity contribution in [2.75, 3.05) is 6.61 Å². The highest BCUT2D eigenvalue weighted by molar-refractivity contribution is 5.44. The summed E-state index contributed by atoms with van der Waals surface area (Å²) in [6.45, 7) is 19.8. The van der Waals surface area contributed by atoms with E-state index in [1.54, 1.807) is 6.92 Å². The van der Waals surface area contributed by atoms with E-state index in [0.717, 1.165) is 86.1 Å². The van der Waals surface area contributed by atoms with Gasteiger partial charge in [-0.2, -0.15) is 0 Å². The van der Waals surface area contributed by atoms with Crippen LogP contribution in [0, 0.1) is 74.9 Å². The molecule has 22 atom stereocenters. The molecule has 12 aliphatic rings. The quantitative estimate of drug-likeness (QED) is 0.185. The van der Waals surface area contributed by atoms with Crippen molar-refractivity contribution in [2.45, 2.75) is 205 Å². The van der Waals surface area contributed by atoms with Crippen molar-refractivity contribution in [3.63, 3.8) is 0 Å². The predicted molar refractivity (Wildman–Crippen MR) is 240 cm³/mol. The zero-order valence-corrected chi connectivity index (χ0v) is 40.4. The van der Waals surface area contributed by atoms with Crippen LogP contribution < -0.4 is 0 Å². The van der Waals surface area contributed by atoms with Gasteiger partial charge >= 0.3 is 0 Å². The fraction of sp³-hybridized carbons (Fsp3) is 0.852. The zero-order valence-electron chi connectivity index (χ0n) is 40.4. The fourth-order valence-electron chi connectivity index (χ4n) is 19.1. The first-order valence-corrected chi connectivity index (χ1v) is 25.9. The number of ether oxygens (including phenoxy) is 4. The molecular formula is C54H76N2O9. The summed E-state index contributed by atoms with van der Waals surface area (Å²) in [5.41, 5.74) is 2.70. The second kappa shape index (κ2) is 12.9. The van der Waals surface area contributed by atoms with Crippen molar-refractivity contribution >= 4 is 0 Å². The number of hydrogen-bond donors (Lipinski definition) is 5. The summed E-state index contributed by atoms with van der Waals surface area (Å²) in [7, 11) is 0. The Morgan fingerprint density at radius 1 is 0.677 bits per heavy atom. The Bertz CT molecular complexity index is 2300. The summed E-state index contributed by atoms with van der Waals surface area (Å²) in [5, 5.41) is 60.8. The monoisotopic (exact) mass is 897 g/mol. The molecule has 0 radical (unpaired) electrons. The Labute approximate surface area is 385 Å². The van der Waals surface area contributed by atoms with E-state index in [1.807, 2.05) is 19.9 Å². The third kappa shape index (κ3) is 5.15. The van der Waals surface area contributed by atoms with Crippen LogP contribution in [0.25, 0.3) is 0 Å². The molecule has 0 bridgehead atoms. The number of fused-ring (bicyclic) bond motifs is 16. The average Bonchev–Trinajstić information content (AvgIpc) is 3.94. The topological polar surface area (TPSA) is 164 Å². The molecule has 0 aromatic carbocycles. The van der Waals surface area contributed by atoms with E-state index in [0.29, 0.717) is 43.4 Å². The minimum atomic E-state index is -1.42. The van der Waals surface area contributed by atoms with Crippen molar-refractivity contribution in [1.29, 1.82) is 0 Å². The van der Waals surface area contributed by atoms with Crippen molar-refractivity contribution in [3.8, 4) is 0 Å². The minimum Gasteiger partial charge on any atom is -0.392 e. The standard InChI is InChI=1S/C54H76N2O9/c1-26-45-40(63-52(26)14-12-46(3,4)65-52)19-32-30-11-10-28-16-35-37(23-48(28,6)31(30)20-41(58)50(32,45)8)56-36-17-29-18-39(57)44-33(49(29,7)24-38(36)55-35)21-42(59)51(9)34(44)22-43-54(51,61)27(2)53(64-43)15-13-47(5,60)25-62-53/h19,22,26-31,33,39-45,57-61H,10-18,20-21,23-25H2,1-9H3/t26-,27+,28-,29+,30+,31-,33-,39-,40-,41+,42+,43-,44+,45-,47-,48-,49-,50+,51+,52?,53+,54+/m0/s1. The van der Waals surface area contributed by atoms with E-state index < -0.39 is 58.5 Å². The van der Waals surface area contributed by atoms with Crippen molar-refractivity contribution in [3.05, 3.63) is 46.1 Å². The molecule has 1 aromatic heterocycles. The van der Waals surface area contributed by atoms with Gasteiger partial charge in [0, 0.05) is 47.3 Å². The third-order valence-electron chi connectivity index (χ3n) is 23.1. The molecule has 2 spiro atoms. The lowest BCUT2D eigenvalue weighted by Gasteiger charge is -2.62. The van der Waals surface area contributed by atoms with Crippen LogP contribution in [0.15, 0.2) is 23.3 Å². The molecule has 8 fully saturated rings. The molecule has 5 N–H and O–H groups in total. The molecule has 11 nitrogen and oxygen atoms in total. The van der Waals surface area contributed by atoms with Gasteiger partial charge in [0.2, 0.25) is 0 Å². The van der Waals surface area contributed by atoms with Crippen LogP contribution in [-0.2, 0) is 44.6 Å². The summed E-state index contributed by atoms with van der Waals surface area (Å²) >= 11 is 0. The van der Waals surface area contributed by atoms with Gasteiger partial charge in [-0.25, -0.2) is 0 Å². The number of aromatic nitrogens is 2. The van der Waals surface area contributed by atoms with Crippen LogP contribution >= 0.6 is 0 Å². The normalized spacial score (nSPS) is 58.6. The number of rotatable bonds is 0. The van der Waals surface area contributed by atoms with Gasteiger partial charge < -0.3 is 44.5 Å². The molecule has 1 aromatic rings. The van der Waals surface area contributed by atoms with Gasteiger partial charge in [0.05, 0.1) is 65.0 Å². The Kier molecular flexibility index (Phi) is 8.60. The Hall–Kier alpha value is -1.80. The maximum atomic E-state index is 12.9. The number of aliphatic hydroxyl groups excluding tert-OH is 3. The van der Waals surface area contributed by atoms with Gasteiger partial charge in [0.25, 0.3) is 0 Å². The van der Waals surface area contributed by atoms with Crippen molar-refractivity contribution in [2.24, 2.45) is 74.9 Å². The van der Waals surface area contributed by atoms with Gasteiger partial charge in [-0.05, 0) is 132 Å². The van der Waals surface area contributed by atoms with E-state index in [1.165, 1.54) is 5.57 Å². The highest BCUT2D eigenvalue weighted by atomic mass is 16.7. The van der Waals surface area contributed by atoms with Gasteiger partial charge in [0.1, 0.15) is 11.7 Å². The first-order valence-electron chi connectivity index (χ1n) is 25.9. The van der Waals surface area contributed by atoms with Gasteiger partial charge in [-0.1, -0.05) is 64.8 Å². The lowest BCUT2D eigenvalue weighted by atomic mass is 9.44. The van der Waals surface area contributed by atoms with E-state index >= 15 is 0 Å². The van der Waals surface area contributed by atoms with E-state index in [4.69, 9.17) is 28.9 Å². The highest BCUT2D eigenvalue weighted by Crippen LogP contribution is 2.72. The summed E-state index contributed by atoms with van der Waals surface area (Å²) in [6, 6.07) is 0. The number of aliphatic hydroxyl groups is 5. The summed E-state index contributed by atoms with van der Waals surface area (Å²) in [5.74, 6) is -0.453. The zero-order chi connectivity index (χ0) is 45.6. The van der Waals surface area contributed by atoms with E-state index in [9.17, 15) is 25.5 Å². The molecule has 13 rings (SSSR count). The molecular weight excluding hydrogens is 821 g/mol. The molecule has 65 heavy (non-hydrogen) atoms. The van der Waals surface area contributed by atoms with Crippen LogP contribution in [0.4, 0.5) is 0 Å². The smallest absolute Gasteiger partial charge is 0.174 e. The van der Waals surface area contributed by atoms with Gasteiger partial charge in [-0.15, -0.1) is 0 Å². The molecule has 4 saturated carbocycles. The number of hydrogen-bond acceptors (Lipinski definition) is 11. The molecule has 4 aliphatic heterocycles. The van der Waals surface area contributed by atoms with Gasteiger partial charge in [-0.3, -0.25) is 9.97 Å². The molecule has 0 amide bonds. The molecule has 11 heteroatoms. The lowest BCUT2D eigenvalue weighted by molar-refractivity contribution is -0.289.